The fraction of sp³-hybridized carbons (Fsp3) is 0.455. The standard InChI is InChI=1S/C22H31ClN2O2.2ClH/c1-4-25(5-2)13-12-24-16-19-14-20(23)22(21(15-19)26-6-3)27-17-18-10-8-7-9-11-18;;/h7-11,14-15,24H,4-6,12-13,16-17H2,1-3H3;2*1H. The lowest BCUT2D eigenvalue weighted by Crippen LogP contribution is -2.31. The Hall–Kier alpha value is -1.17. The lowest BCUT2D eigenvalue weighted by Gasteiger charge is -2.18. The molecular formula is C22H33Cl3N2O2. The molecule has 0 aromatic heterocycles. The van der Waals surface area contributed by atoms with Crippen molar-refractivity contribution < 1.29 is 9.47 Å². The molecule has 2 aromatic carbocycles. The minimum atomic E-state index is 0. The molecule has 29 heavy (non-hydrogen) atoms. The van der Waals surface area contributed by atoms with E-state index in [4.69, 9.17) is 21.1 Å². The smallest absolute Gasteiger partial charge is 0.180 e. The van der Waals surface area contributed by atoms with Crippen molar-refractivity contribution in [2.24, 2.45) is 0 Å². The molecule has 0 saturated carbocycles. The van der Waals surface area contributed by atoms with Crippen molar-refractivity contribution in [2.75, 3.05) is 32.8 Å². The number of likely N-dealkylation sites (N-methyl/N-ethyl adjacent to an activating group) is 1. The molecule has 7 heteroatoms. The molecule has 0 aliphatic rings. The maximum absolute atomic E-state index is 6.50. The fourth-order valence-corrected chi connectivity index (χ4v) is 3.15. The Morgan fingerprint density at radius 3 is 2.24 bits per heavy atom. The van der Waals surface area contributed by atoms with E-state index in [9.17, 15) is 0 Å². The SMILES string of the molecule is CCOc1cc(CNCCN(CC)CC)cc(Cl)c1OCc1ccccc1.Cl.Cl. The van der Waals surface area contributed by atoms with E-state index < -0.39 is 0 Å². The van der Waals surface area contributed by atoms with E-state index in [2.05, 4.69) is 24.1 Å². The minimum absolute atomic E-state index is 0. The van der Waals surface area contributed by atoms with Crippen molar-refractivity contribution in [3.05, 3.63) is 58.6 Å². The van der Waals surface area contributed by atoms with Crippen LogP contribution in [0.5, 0.6) is 11.5 Å². The summed E-state index contributed by atoms with van der Waals surface area (Å²) in [6.45, 7) is 12.2. The highest BCUT2D eigenvalue weighted by Gasteiger charge is 2.13. The van der Waals surface area contributed by atoms with Crippen LogP contribution in [0, 0.1) is 0 Å². The molecule has 0 fully saturated rings. The Balaban J connectivity index is 0.00000392. The van der Waals surface area contributed by atoms with Crippen molar-refractivity contribution in [3.63, 3.8) is 0 Å². The van der Waals surface area contributed by atoms with E-state index in [1.165, 1.54) is 0 Å². The molecule has 0 spiro atoms. The lowest BCUT2D eigenvalue weighted by molar-refractivity contribution is 0.269. The summed E-state index contributed by atoms with van der Waals surface area (Å²) >= 11 is 6.50. The predicted octanol–water partition coefficient (Wildman–Crippen LogP) is 5.59. The van der Waals surface area contributed by atoms with Gasteiger partial charge < -0.3 is 19.7 Å². The first kappa shape index (κ1) is 27.8. The van der Waals surface area contributed by atoms with E-state index in [1.54, 1.807) is 0 Å². The molecule has 164 valence electrons. The Labute approximate surface area is 192 Å². The summed E-state index contributed by atoms with van der Waals surface area (Å²) in [7, 11) is 0. The van der Waals surface area contributed by atoms with Crippen LogP contribution >= 0.6 is 36.4 Å². The van der Waals surface area contributed by atoms with Gasteiger partial charge in [0.2, 0.25) is 0 Å². The van der Waals surface area contributed by atoms with Gasteiger partial charge in [0.05, 0.1) is 11.6 Å². The highest BCUT2D eigenvalue weighted by atomic mass is 35.5. The number of benzene rings is 2. The maximum Gasteiger partial charge on any atom is 0.180 e. The minimum Gasteiger partial charge on any atom is -0.490 e. The van der Waals surface area contributed by atoms with Crippen molar-refractivity contribution >= 4 is 36.4 Å². The predicted molar refractivity (Wildman–Crippen MR) is 127 cm³/mol. The van der Waals surface area contributed by atoms with Gasteiger partial charge in [-0.3, -0.25) is 0 Å². The molecule has 2 aromatic rings. The molecule has 0 saturated heterocycles. The topological polar surface area (TPSA) is 33.7 Å². The summed E-state index contributed by atoms with van der Waals surface area (Å²) in [6, 6.07) is 14.0. The summed E-state index contributed by atoms with van der Waals surface area (Å²) in [5, 5.41) is 4.06. The number of hydrogen-bond acceptors (Lipinski definition) is 4. The van der Waals surface area contributed by atoms with Crippen molar-refractivity contribution in [3.8, 4) is 11.5 Å². The zero-order valence-corrected chi connectivity index (χ0v) is 19.8. The fourth-order valence-electron chi connectivity index (χ4n) is 2.87. The molecule has 1 N–H and O–H groups in total. The Bertz CT molecular complexity index is 683. The molecular weight excluding hydrogens is 431 g/mol. The van der Waals surface area contributed by atoms with Gasteiger partial charge in [0.1, 0.15) is 6.61 Å². The number of ether oxygens (including phenoxy) is 2. The summed E-state index contributed by atoms with van der Waals surface area (Å²) in [4.78, 5) is 2.39. The molecule has 0 aliphatic heterocycles. The molecule has 0 amide bonds. The van der Waals surface area contributed by atoms with Crippen LogP contribution in [0.2, 0.25) is 5.02 Å². The zero-order chi connectivity index (χ0) is 19.5. The largest absolute Gasteiger partial charge is 0.490 e. The Morgan fingerprint density at radius 2 is 1.62 bits per heavy atom. The second kappa shape index (κ2) is 15.6. The average molecular weight is 464 g/mol. The number of hydrogen-bond donors (Lipinski definition) is 1. The van der Waals surface area contributed by atoms with Gasteiger partial charge in [0.25, 0.3) is 0 Å². The summed E-state index contributed by atoms with van der Waals surface area (Å²) in [6.07, 6.45) is 0. The van der Waals surface area contributed by atoms with Gasteiger partial charge in [-0.15, -0.1) is 24.8 Å². The van der Waals surface area contributed by atoms with Crippen LogP contribution in [0.25, 0.3) is 0 Å². The van der Waals surface area contributed by atoms with Crippen LogP contribution in [0.15, 0.2) is 42.5 Å². The normalized spacial score (nSPS) is 10.2. The third-order valence-corrected chi connectivity index (χ3v) is 4.70. The van der Waals surface area contributed by atoms with E-state index in [1.807, 2.05) is 49.4 Å². The third-order valence-electron chi connectivity index (χ3n) is 4.42. The molecule has 0 unspecified atom stereocenters. The van der Waals surface area contributed by atoms with E-state index >= 15 is 0 Å². The van der Waals surface area contributed by atoms with E-state index in [0.717, 1.165) is 43.9 Å². The van der Waals surface area contributed by atoms with Crippen LogP contribution in [-0.4, -0.2) is 37.7 Å². The number of halogens is 3. The van der Waals surface area contributed by atoms with E-state index in [0.29, 0.717) is 29.7 Å². The van der Waals surface area contributed by atoms with Crippen molar-refractivity contribution in [1.29, 1.82) is 0 Å². The molecule has 0 heterocycles. The molecule has 0 atom stereocenters. The van der Waals surface area contributed by atoms with Gasteiger partial charge >= 0.3 is 0 Å². The number of nitrogens with one attached hydrogen (secondary N) is 1. The monoisotopic (exact) mass is 462 g/mol. The van der Waals surface area contributed by atoms with Crippen molar-refractivity contribution in [1.82, 2.24) is 10.2 Å². The van der Waals surface area contributed by atoms with Gasteiger partial charge in [-0.2, -0.15) is 0 Å². The molecule has 4 nitrogen and oxygen atoms in total. The molecule has 0 bridgehead atoms. The molecule has 0 radical (unpaired) electrons. The zero-order valence-electron chi connectivity index (χ0n) is 17.4. The Kier molecular flexibility index (Phi) is 15.0. The summed E-state index contributed by atoms with van der Waals surface area (Å²) < 4.78 is 11.7. The highest BCUT2D eigenvalue weighted by molar-refractivity contribution is 6.32. The van der Waals surface area contributed by atoms with Crippen LogP contribution in [0.4, 0.5) is 0 Å². The average Bonchev–Trinajstić information content (AvgIpc) is 2.68. The van der Waals surface area contributed by atoms with Gasteiger partial charge in [-0.25, -0.2) is 0 Å². The number of nitrogens with zero attached hydrogens (tertiary/aromatic N) is 1. The number of rotatable bonds is 12. The van der Waals surface area contributed by atoms with Gasteiger partial charge in [-0.05, 0) is 43.3 Å². The van der Waals surface area contributed by atoms with Crippen molar-refractivity contribution in [2.45, 2.75) is 33.9 Å². The van der Waals surface area contributed by atoms with E-state index in [-0.39, 0.29) is 24.8 Å². The molecule has 2 rings (SSSR count). The second-order valence-corrected chi connectivity index (χ2v) is 6.72. The highest BCUT2D eigenvalue weighted by Crippen LogP contribution is 2.37. The maximum atomic E-state index is 6.50. The van der Waals surface area contributed by atoms with Crippen LogP contribution in [-0.2, 0) is 13.2 Å². The third kappa shape index (κ3) is 9.45. The Morgan fingerprint density at radius 1 is 0.931 bits per heavy atom. The van der Waals surface area contributed by atoms with Gasteiger partial charge in [-0.1, -0.05) is 55.8 Å². The lowest BCUT2D eigenvalue weighted by atomic mass is 10.2. The first-order chi connectivity index (χ1) is 13.2. The summed E-state index contributed by atoms with van der Waals surface area (Å²) in [5.41, 5.74) is 2.19. The first-order valence-electron chi connectivity index (χ1n) is 9.72. The van der Waals surface area contributed by atoms with Crippen LogP contribution in [0.3, 0.4) is 0 Å². The van der Waals surface area contributed by atoms with Gasteiger partial charge in [0.15, 0.2) is 11.5 Å². The van der Waals surface area contributed by atoms with Crippen LogP contribution in [0.1, 0.15) is 31.9 Å². The van der Waals surface area contributed by atoms with Crippen LogP contribution < -0.4 is 14.8 Å². The second-order valence-electron chi connectivity index (χ2n) is 6.32. The van der Waals surface area contributed by atoms with Gasteiger partial charge in [0, 0.05) is 19.6 Å². The molecule has 0 aliphatic carbocycles. The summed E-state index contributed by atoms with van der Waals surface area (Å²) in [5.74, 6) is 1.30. The first-order valence-corrected chi connectivity index (χ1v) is 10.1. The quantitative estimate of drug-likeness (QED) is 0.416.